The number of aromatic nitrogens is 1. The van der Waals surface area contributed by atoms with Crippen LogP contribution in [0.4, 0.5) is 5.82 Å². The Balaban J connectivity index is 1.82. The van der Waals surface area contributed by atoms with E-state index in [1.165, 1.54) is 12.1 Å². The largest absolute Gasteiger partial charge is 0.492 e. The number of hydrogen-bond acceptors (Lipinski definition) is 4. The van der Waals surface area contributed by atoms with E-state index in [4.69, 9.17) is 22.1 Å². The van der Waals surface area contributed by atoms with Crippen molar-refractivity contribution >= 4 is 23.3 Å². The number of amides is 1. The zero-order valence-electron chi connectivity index (χ0n) is 11.6. The van der Waals surface area contributed by atoms with Gasteiger partial charge in [0, 0.05) is 5.56 Å². The van der Waals surface area contributed by atoms with E-state index in [0.29, 0.717) is 18.7 Å². The van der Waals surface area contributed by atoms with E-state index >= 15 is 0 Å². The molecule has 0 fully saturated rings. The normalized spacial score (nSPS) is 10.2. The molecule has 6 heteroatoms. The summed E-state index contributed by atoms with van der Waals surface area (Å²) in [6.45, 7) is 2.75. The van der Waals surface area contributed by atoms with Crippen LogP contribution in [0.5, 0.6) is 5.75 Å². The Bertz CT molecular complexity index is 626. The average Bonchev–Trinajstić information content (AvgIpc) is 2.42. The van der Waals surface area contributed by atoms with Crippen molar-refractivity contribution in [1.82, 2.24) is 10.3 Å². The molecule has 0 aliphatic heterocycles. The summed E-state index contributed by atoms with van der Waals surface area (Å²) in [6.07, 6.45) is 0. The lowest BCUT2D eigenvalue weighted by molar-refractivity contribution is 0.0947. The first-order valence-corrected chi connectivity index (χ1v) is 6.83. The molecule has 1 aromatic carbocycles. The number of benzene rings is 1. The summed E-state index contributed by atoms with van der Waals surface area (Å²) < 4.78 is 5.54. The SMILES string of the molecule is Cc1cccc(OCCNC(=O)c2cc(N)nc(Cl)c2)c1. The fraction of sp³-hybridized carbons (Fsp3) is 0.200. The monoisotopic (exact) mass is 305 g/mol. The van der Waals surface area contributed by atoms with Crippen molar-refractivity contribution in [2.75, 3.05) is 18.9 Å². The number of nitrogen functional groups attached to an aromatic ring is 1. The molecule has 0 radical (unpaired) electrons. The van der Waals surface area contributed by atoms with Crippen molar-refractivity contribution in [2.24, 2.45) is 0 Å². The lowest BCUT2D eigenvalue weighted by Crippen LogP contribution is -2.28. The molecular weight excluding hydrogens is 290 g/mol. The van der Waals surface area contributed by atoms with Gasteiger partial charge in [0.1, 0.15) is 23.3 Å². The zero-order chi connectivity index (χ0) is 15.2. The number of pyridine rings is 1. The number of carbonyl (C=O) groups is 1. The maximum atomic E-state index is 11.9. The minimum Gasteiger partial charge on any atom is -0.492 e. The van der Waals surface area contributed by atoms with E-state index in [1.807, 2.05) is 31.2 Å². The summed E-state index contributed by atoms with van der Waals surface area (Å²) in [6, 6.07) is 10.7. The number of anilines is 1. The standard InChI is InChI=1S/C15H16ClN3O2/c1-10-3-2-4-12(7-10)21-6-5-18-15(20)11-8-13(16)19-14(17)9-11/h2-4,7-9H,5-6H2,1H3,(H2,17,19)(H,18,20). The second-order valence-electron chi connectivity index (χ2n) is 4.52. The molecule has 5 nitrogen and oxygen atoms in total. The highest BCUT2D eigenvalue weighted by atomic mass is 35.5. The smallest absolute Gasteiger partial charge is 0.251 e. The van der Waals surface area contributed by atoms with Crippen LogP contribution < -0.4 is 15.8 Å². The Labute approximate surface area is 128 Å². The van der Waals surface area contributed by atoms with Gasteiger partial charge in [-0.05, 0) is 36.8 Å². The Morgan fingerprint density at radius 1 is 1.38 bits per heavy atom. The number of halogens is 1. The van der Waals surface area contributed by atoms with Crippen molar-refractivity contribution in [3.05, 3.63) is 52.7 Å². The van der Waals surface area contributed by atoms with E-state index in [-0.39, 0.29) is 16.9 Å². The molecule has 2 aromatic rings. The van der Waals surface area contributed by atoms with Crippen molar-refractivity contribution in [1.29, 1.82) is 0 Å². The van der Waals surface area contributed by atoms with Gasteiger partial charge in [-0.2, -0.15) is 0 Å². The van der Waals surface area contributed by atoms with Crippen LogP contribution in [0, 0.1) is 6.92 Å². The van der Waals surface area contributed by atoms with Gasteiger partial charge in [0.05, 0.1) is 6.54 Å². The Hall–Kier alpha value is -2.27. The number of nitrogens with zero attached hydrogens (tertiary/aromatic N) is 1. The summed E-state index contributed by atoms with van der Waals surface area (Å²) in [5.41, 5.74) is 7.04. The molecule has 0 saturated carbocycles. The fourth-order valence-corrected chi connectivity index (χ4v) is 2.00. The summed E-state index contributed by atoms with van der Waals surface area (Å²) in [4.78, 5) is 15.7. The quantitative estimate of drug-likeness (QED) is 0.657. The third-order valence-corrected chi connectivity index (χ3v) is 2.92. The maximum absolute atomic E-state index is 11.9. The van der Waals surface area contributed by atoms with Crippen LogP contribution in [0.15, 0.2) is 36.4 Å². The zero-order valence-corrected chi connectivity index (χ0v) is 12.4. The average molecular weight is 306 g/mol. The molecule has 1 aromatic heterocycles. The highest BCUT2D eigenvalue weighted by Crippen LogP contribution is 2.13. The van der Waals surface area contributed by atoms with Gasteiger partial charge >= 0.3 is 0 Å². The Morgan fingerprint density at radius 3 is 2.90 bits per heavy atom. The minimum atomic E-state index is -0.265. The number of nitrogens with one attached hydrogen (secondary N) is 1. The predicted molar refractivity (Wildman–Crippen MR) is 82.7 cm³/mol. The number of aryl methyl sites for hydroxylation is 1. The van der Waals surface area contributed by atoms with Gasteiger partial charge < -0.3 is 15.8 Å². The predicted octanol–water partition coefficient (Wildman–Crippen LogP) is 2.43. The molecule has 0 saturated heterocycles. The molecule has 1 heterocycles. The van der Waals surface area contributed by atoms with Crippen LogP contribution in [0.3, 0.4) is 0 Å². The topological polar surface area (TPSA) is 77.2 Å². The number of nitrogens with two attached hydrogens (primary N) is 1. The number of ether oxygens (including phenoxy) is 1. The molecule has 110 valence electrons. The van der Waals surface area contributed by atoms with Crippen LogP contribution in [0.25, 0.3) is 0 Å². The van der Waals surface area contributed by atoms with Crippen LogP contribution in [0.2, 0.25) is 5.15 Å². The molecule has 0 atom stereocenters. The van der Waals surface area contributed by atoms with Crippen LogP contribution in [0.1, 0.15) is 15.9 Å². The highest BCUT2D eigenvalue weighted by Gasteiger charge is 2.07. The van der Waals surface area contributed by atoms with Crippen LogP contribution in [-0.2, 0) is 0 Å². The van der Waals surface area contributed by atoms with E-state index in [9.17, 15) is 4.79 Å². The van der Waals surface area contributed by atoms with Crippen LogP contribution in [-0.4, -0.2) is 24.0 Å². The molecule has 21 heavy (non-hydrogen) atoms. The third-order valence-electron chi connectivity index (χ3n) is 2.72. The molecule has 0 unspecified atom stereocenters. The van der Waals surface area contributed by atoms with Gasteiger partial charge in [-0.1, -0.05) is 23.7 Å². The van der Waals surface area contributed by atoms with Crippen LogP contribution >= 0.6 is 11.6 Å². The summed E-state index contributed by atoms with van der Waals surface area (Å²) >= 11 is 5.75. The molecule has 2 rings (SSSR count). The van der Waals surface area contributed by atoms with E-state index in [0.717, 1.165) is 11.3 Å². The first kappa shape index (κ1) is 15.1. The van der Waals surface area contributed by atoms with Gasteiger partial charge in [-0.3, -0.25) is 4.79 Å². The lowest BCUT2D eigenvalue weighted by atomic mass is 10.2. The summed E-state index contributed by atoms with van der Waals surface area (Å²) in [5.74, 6) is 0.725. The molecule has 0 aliphatic rings. The first-order valence-electron chi connectivity index (χ1n) is 6.45. The molecular formula is C15H16ClN3O2. The first-order chi connectivity index (χ1) is 10.0. The molecule has 0 spiro atoms. The summed E-state index contributed by atoms with van der Waals surface area (Å²) in [7, 11) is 0. The van der Waals surface area contributed by atoms with Gasteiger partial charge in [-0.15, -0.1) is 0 Å². The minimum absolute atomic E-state index is 0.191. The van der Waals surface area contributed by atoms with Crippen molar-refractivity contribution in [2.45, 2.75) is 6.92 Å². The second-order valence-corrected chi connectivity index (χ2v) is 4.91. The fourth-order valence-electron chi connectivity index (χ4n) is 1.79. The summed E-state index contributed by atoms with van der Waals surface area (Å²) in [5, 5.41) is 2.92. The van der Waals surface area contributed by atoms with Crippen molar-refractivity contribution in [3.8, 4) is 5.75 Å². The van der Waals surface area contributed by atoms with E-state index < -0.39 is 0 Å². The van der Waals surface area contributed by atoms with Crippen molar-refractivity contribution < 1.29 is 9.53 Å². The van der Waals surface area contributed by atoms with Gasteiger partial charge in [-0.25, -0.2) is 4.98 Å². The molecule has 1 amide bonds. The molecule has 0 bridgehead atoms. The van der Waals surface area contributed by atoms with Gasteiger partial charge in [0.25, 0.3) is 5.91 Å². The maximum Gasteiger partial charge on any atom is 0.251 e. The van der Waals surface area contributed by atoms with E-state index in [2.05, 4.69) is 10.3 Å². The Kier molecular flexibility index (Phi) is 5.00. The Morgan fingerprint density at radius 2 is 2.19 bits per heavy atom. The number of carbonyl (C=O) groups excluding carboxylic acids is 1. The third kappa shape index (κ3) is 4.65. The van der Waals surface area contributed by atoms with Crippen molar-refractivity contribution in [3.63, 3.8) is 0 Å². The molecule has 0 aliphatic carbocycles. The number of rotatable bonds is 5. The molecule has 3 N–H and O–H groups in total. The van der Waals surface area contributed by atoms with E-state index in [1.54, 1.807) is 0 Å². The number of hydrogen-bond donors (Lipinski definition) is 2. The lowest BCUT2D eigenvalue weighted by Gasteiger charge is -2.08. The van der Waals surface area contributed by atoms with Gasteiger partial charge in [0.15, 0.2) is 0 Å². The highest BCUT2D eigenvalue weighted by molar-refractivity contribution is 6.29. The van der Waals surface area contributed by atoms with Gasteiger partial charge in [0.2, 0.25) is 0 Å². The second kappa shape index (κ2) is 6.95.